The summed E-state index contributed by atoms with van der Waals surface area (Å²) in [5.41, 5.74) is 2.41. The number of carbonyl (C=O) groups is 2. The third-order valence-electron chi connectivity index (χ3n) is 6.01. The smallest absolute Gasteiger partial charge is 0.273 e. The second-order valence-electron chi connectivity index (χ2n) is 8.51. The number of amides is 2. The summed E-state index contributed by atoms with van der Waals surface area (Å²) in [6, 6.07) is 13.9. The molecular formula is C26H32N4O4. The Labute approximate surface area is 199 Å². The molecule has 0 saturated carbocycles. The Balaban J connectivity index is 1.33. The summed E-state index contributed by atoms with van der Waals surface area (Å²) in [6.45, 7) is 4.65. The van der Waals surface area contributed by atoms with E-state index in [-0.39, 0.29) is 23.6 Å². The van der Waals surface area contributed by atoms with E-state index in [1.54, 1.807) is 0 Å². The Kier molecular flexibility index (Phi) is 8.14. The molecule has 0 spiro atoms. The molecule has 1 aliphatic rings. The van der Waals surface area contributed by atoms with E-state index in [9.17, 15) is 9.59 Å². The number of benzene rings is 1. The number of aromatic nitrogens is 2. The maximum atomic E-state index is 12.5. The van der Waals surface area contributed by atoms with Gasteiger partial charge in [-0.25, -0.2) is 4.98 Å². The molecule has 1 N–H and O–H groups in total. The van der Waals surface area contributed by atoms with Crippen molar-refractivity contribution in [3.05, 3.63) is 77.8 Å². The number of ether oxygens (including phenoxy) is 1. The van der Waals surface area contributed by atoms with E-state index in [4.69, 9.17) is 9.15 Å². The first-order chi connectivity index (χ1) is 16.6. The van der Waals surface area contributed by atoms with Gasteiger partial charge in [-0.05, 0) is 37.0 Å². The molecule has 0 bridgehead atoms. The Morgan fingerprint density at radius 3 is 2.82 bits per heavy atom. The molecule has 2 aromatic heterocycles. The van der Waals surface area contributed by atoms with E-state index >= 15 is 0 Å². The van der Waals surface area contributed by atoms with Crippen LogP contribution in [0.5, 0.6) is 0 Å². The second kappa shape index (κ2) is 11.7. The number of rotatable bonds is 11. The summed E-state index contributed by atoms with van der Waals surface area (Å²) >= 11 is 0. The van der Waals surface area contributed by atoms with Gasteiger partial charge in [-0.15, -0.1) is 0 Å². The van der Waals surface area contributed by atoms with Crippen molar-refractivity contribution in [2.24, 2.45) is 0 Å². The zero-order valence-electron chi connectivity index (χ0n) is 19.6. The molecule has 1 aromatic carbocycles. The molecule has 1 unspecified atom stereocenters. The minimum atomic E-state index is -0.255. The SMILES string of the molecule is CCC(=O)N(Cc1cccn1Cc1nc(C(=O)NCCc2ccccc2)co1)CC1CCCO1. The van der Waals surface area contributed by atoms with E-state index in [2.05, 4.69) is 10.3 Å². The third kappa shape index (κ3) is 6.35. The summed E-state index contributed by atoms with van der Waals surface area (Å²) in [5.74, 6) is 0.293. The van der Waals surface area contributed by atoms with E-state index < -0.39 is 0 Å². The minimum Gasteiger partial charge on any atom is -0.446 e. The molecule has 180 valence electrons. The van der Waals surface area contributed by atoms with E-state index in [1.165, 1.54) is 11.8 Å². The highest BCUT2D eigenvalue weighted by atomic mass is 16.5. The molecule has 4 rings (SSSR count). The Bertz CT molecular complexity index is 1070. The van der Waals surface area contributed by atoms with Crippen LogP contribution < -0.4 is 5.32 Å². The van der Waals surface area contributed by atoms with Crippen LogP contribution in [0, 0.1) is 0 Å². The van der Waals surface area contributed by atoms with Crippen molar-refractivity contribution in [2.45, 2.75) is 51.8 Å². The Hall–Kier alpha value is -3.39. The molecule has 3 heterocycles. The van der Waals surface area contributed by atoms with Gasteiger partial charge in [0.15, 0.2) is 5.69 Å². The van der Waals surface area contributed by atoms with Gasteiger partial charge in [0.1, 0.15) is 6.26 Å². The molecule has 0 aliphatic carbocycles. The first-order valence-corrected chi connectivity index (χ1v) is 11.9. The zero-order valence-corrected chi connectivity index (χ0v) is 19.6. The predicted octanol–water partition coefficient (Wildman–Crippen LogP) is 3.41. The van der Waals surface area contributed by atoms with Gasteiger partial charge < -0.3 is 23.9 Å². The fourth-order valence-corrected chi connectivity index (χ4v) is 4.14. The van der Waals surface area contributed by atoms with Crippen LogP contribution in [-0.4, -0.2) is 52.1 Å². The summed E-state index contributed by atoms with van der Waals surface area (Å²) in [6.07, 6.45) is 6.66. The van der Waals surface area contributed by atoms with Crippen LogP contribution in [0.4, 0.5) is 0 Å². The molecule has 1 saturated heterocycles. The number of nitrogens with one attached hydrogen (secondary N) is 1. The predicted molar refractivity (Wildman–Crippen MR) is 127 cm³/mol. The van der Waals surface area contributed by atoms with E-state index in [0.717, 1.165) is 31.6 Å². The van der Waals surface area contributed by atoms with Gasteiger partial charge in [0, 0.05) is 38.0 Å². The Morgan fingerprint density at radius 2 is 2.06 bits per heavy atom. The molecule has 3 aromatic rings. The average Bonchev–Trinajstić information content (AvgIpc) is 3.62. The van der Waals surface area contributed by atoms with Crippen molar-refractivity contribution in [2.75, 3.05) is 19.7 Å². The highest BCUT2D eigenvalue weighted by Crippen LogP contribution is 2.17. The van der Waals surface area contributed by atoms with Gasteiger partial charge in [-0.1, -0.05) is 37.3 Å². The highest BCUT2D eigenvalue weighted by Gasteiger charge is 2.23. The van der Waals surface area contributed by atoms with Gasteiger partial charge >= 0.3 is 0 Å². The quantitative estimate of drug-likeness (QED) is 0.470. The summed E-state index contributed by atoms with van der Waals surface area (Å²) in [5, 5.41) is 2.89. The molecule has 8 nitrogen and oxygen atoms in total. The van der Waals surface area contributed by atoms with E-state index in [1.807, 2.05) is 65.1 Å². The van der Waals surface area contributed by atoms with Gasteiger partial charge in [0.05, 0.1) is 19.2 Å². The second-order valence-corrected chi connectivity index (χ2v) is 8.51. The van der Waals surface area contributed by atoms with E-state index in [0.29, 0.717) is 38.5 Å². The molecule has 8 heteroatoms. The largest absolute Gasteiger partial charge is 0.446 e. The van der Waals surface area contributed by atoms with Crippen LogP contribution in [0.2, 0.25) is 0 Å². The Morgan fingerprint density at radius 1 is 1.21 bits per heavy atom. The minimum absolute atomic E-state index is 0.105. The van der Waals surface area contributed by atoms with Crippen molar-refractivity contribution in [3.63, 3.8) is 0 Å². The number of nitrogens with zero attached hydrogens (tertiary/aromatic N) is 3. The maximum Gasteiger partial charge on any atom is 0.273 e. The number of carbonyl (C=O) groups excluding carboxylic acids is 2. The van der Waals surface area contributed by atoms with Crippen LogP contribution >= 0.6 is 0 Å². The third-order valence-corrected chi connectivity index (χ3v) is 6.01. The fraction of sp³-hybridized carbons (Fsp3) is 0.423. The topological polar surface area (TPSA) is 89.6 Å². The molecule has 2 amide bonds. The van der Waals surface area contributed by atoms with Crippen molar-refractivity contribution < 1.29 is 18.7 Å². The lowest BCUT2D eigenvalue weighted by molar-refractivity contribution is -0.133. The van der Waals surface area contributed by atoms with Gasteiger partial charge in [-0.3, -0.25) is 9.59 Å². The molecule has 1 aliphatic heterocycles. The van der Waals surface area contributed by atoms with Crippen LogP contribution in [0.3, 0.4) is 0 Å². The summed E-state index contributed by atoms with van der Waals surface area (Å²) in [4.78, 5) is 31.2. The van der Waals surface area contributed by atoms with Crippen LogP contribution in [0.25, 0.3) is 0 Å². The van der Waals surface area contributed by atoms with Gasteiger partial charge in [0.25, 0.3) is 5.91 Å². The molecule has 34 heavy (non-hydrogen) atoms. The number of hydrogen-bond acceptors (Lipinski definition) is 5. The van der Waals surface area contributed by atoms with Crippen molar-refractivity contribution in [1.82, 2.24) is 19.8 Å². The monoisotopic (exact) mass is 464 g/mol. The molecular weight excluding hydrogens is 432 g/mol. The van der Waals surface area contributed by atoms with Crippen molar-refractivity contribution >= 4 is 11.8 Å². The van der Waals surface area contributed by atoms with Crippen LogP contribution in [0.15, 0.2) is 59.3 Å². The zero-order chi connectivity index (χ0) is 23.8. The van der Waals surface area contributed by atoms with Crippen molar-refractivity contribution in [3.8, 4) is 0 Å². The van der Waals surface area contributed by atoms with Crippen LogP contribution in [0.1, 0.15) is 53.8 Å². The lowest BCUT2D eigenvalue weighted by Gasteiger charge is -2.25. The number of oxazole rings is 1. The molecule has 1 atom stereocenters. The van der Waals surface area contributed by atoms with Gasteiger partial charge in [0.2, 0.25) is 11.8 Å². The highest BCUT2D eigenvalue weighted by molar-refractivity contribution is 5.91. The normalized spacial score (nSPS) is 15.4. The number of hydrogen-bond donors (Lipinski definition) is 1. The summed E-state index contributed by atoms with van der Waals surface area (Å²) < 4.78 is 13.3. The molecule has 0 radical (unpaired) electrons. The van der Waals surface area contributed by atoms with Crippen molar-refractivity contribution in [1.29, 1.82) is 0 Å². The first kappa shape index (κ1) is 23.8. The lowest BCUT2D eigenvalue weighted by Crippen LogP contribution is -2.37. The maximum absolute atomic E-state index is 12.5. The van der Waals surface area contributed by atoms with Gasteiger partial charge in [-0.2, -0.15) is 0 Å². The fourth-order valence-electron chi connectivity index (χ4n) is 4.14. The first-order valence-electron chi connectivity index (χ1n) is 11.9. The lowest BCUT2D eigenvalue weighted by atomic mass is 10.1. The van der Waals surface area contributed by atoms with Crippen LogP contribution in [-0.2, 0) is 29.0 Å². The average molecular weight is 465 g/mol. The standard InChI is InChI=1S/C26H32N4O4/c1-2-25(31)30(17-22-11-7-15-33-22)16-21-10-6-14-29(21)18-24-28-23(19-34-24)26(32)27-13-12-20-8-4-3-5-9-20/h3-6,8-10,14,19,22H,2,7,11-13,15-18H2,1H3,(H,27,32). The summed E-state index contributed by atoms with van der Waals surface area (Å²) in [7, 11) is 0. The molecule has 1 fully saturated rings.